The number of carbonyl (C=O) groups is 1. The Balaban J connectivity index is 1.92. The Bertz CT molecular complexity index is 647. The van der Waals surface area contributed by atoms with Gasteiger partial charge in [-0.1, -0.05) is 13.8 Å². The summed E-state index contributed by atoms with van der Waals surface area (Å²) in [6.07, 6.45) is 3.38. The molecule has 0 aliphatic carbocycles. The zero-order valence-electron chi connectivity index (χ0n) is 12.5. The predicted octanol–water partition coefficient (Wildman–Crippen LogP) is 3.56. The van der Waals surface area contributed by atoms with Crippen LogP contribution in [0.15, 0.2) is 24.4 Å². The van der Waals surface area contributed by atoms with Crippen molar-refractivity contribution in [3.63, 3.8) is 0 Å². The van der Waals surface area contributed by atoms with Crippen LogP contribution >= 0.6 is 0 Å². The summed E-state index contributed by atoms with van der Waals surface area (Å²) < 4.78 is 11.3. The standard InChI is InChI=1S/C17H21NO3/c1-3-7-20-12-4-5-15-13(9-12)14(10-18-15)16(19)17-11(2)6-8-21-17/h4-5,9-11,17-18H,3,6-8H2,1-2H3. The lowest BCUT2D eigenvalue weighted by molar-refractivity contribution is 0.0581. The van der Waals surface area contributed by atoms with Crippen molar-refractivity contribution < 1.29 is 14.3 Å². The predicted molar refractivity (Wildman–Crippen MR) is 81.9 cm³/mol. The summed E-state index contributed by atoms with van der Waals surface area (Å²) in [5.74, 6) is 1.15. The highest BCUT2D eigenvalue weighted by molar-refractivity contribution is 6.10. The Hall–Kier alpha value is -1.81. The number of ketones is 1. The van der Waals surface area contributed by atoms with Crippen molar-refractivity contribution in [3.8, 4) is 5.75 Å². The molecule has 0 radical (unpaired) electrons. The number of hydrogen-bond donors (Lipinski definition) is 1. The number of aromatic amines is 1. The van der Waals surface area contributed by atoms with Gasteiger partial charge in [0.05, 0.1) is 6.61 Å². The summed E-state index contributed by atoms with van der Waals surface area (Å²) >= 11 is 0. The molecule has 1 N–H and O–H groups in total. The monoisotopic (exact) mass is 287 g/mol. The normalized spacial score (nSPS) is 21.8. The second kappa shape index (κ2) is 5.90. The van der Waals surface area contributed by atoms with Crippen LogP contribution < -0.4 is 4.74 Å². The van der Waals surface area contributed by atoms with E-state index in [4.69, 9.17) is 9.47 Å². The summed E-state index contributed by atoms with van der Waals surface area (Å²) in [7, 11) is 0. The largest absolute Gasteiger partial charge is 0.494 e. The molecule has 1 fully saturated rings. The van der Waals surface area contributed by atoms with Gasteiger partial charge >= 0.3 is 0 Å². The van der Waals surface area contributed by atoms with E-state index in [1.165, 1.54) is 0 Å². The molecule has 2 aromatic rings. The first-order chi connectivity index (χ1) is 10.2. The van der Waals surface area contributed by atoms with Crippen molar-refractivity contribution in [2.45, 2.75) is 32.8 Å². The highest BCUT2D eigenvalue weighted by Crippen LogP contribution is 2.29. The van der Waals surface area contributed by atoms with Gasteiger partial charge in [-0.2, -0.15) is 0 Å². The van der Waals surface area contributed by atoms with Gasteiger partial charge in [-0.15, -0.1) is 0 Å². The van der Waals surface area contributed by atoms with Crippen molar-refractivity contribution in [2.24, 2.45) is 5.92 Å². The maximum atomic E-state index is 12.7. The summed E-state index contributed by atoms with van der Waals surface area (Å²) in [6.45, 7) is 5.50. The topological polar surface area (TPSA) is 51.3 Å². The third-order valence-corrected chi connectivity index (χ3v) is 4.04. The van der Waals surface area contributed by atoms with Gasteiger partial charge in [0.15, 0.2) is 5.78 Å². The number of Topliss-reactive ketones (excluding diaryl/α,β-unsaturated/α-hetero) is 1. The van der Waals surface area contributed by atoms with Crippen LogP contribution in [0.3, 0.4) is 0 Å². The quantitative estimate of drug-likeness (QED) is 0.855. The van der Waals surface area contributed by atoms with Gasteiger partial charge < -0.3 is 14.5 Å². The highest BCUT2D eigenvalue weighted by atomic mass is 16.5. The Kier molecular flexibility index (Phi) is 3.97. The minimum atomic E-state index is -0.316. The fourth-order valence-corrected chi connectivity index (χ4v) is 2.80. The average molecular weight is 287 g/mol. The maximum Gasteiger partial charge on any atom is 0.193 e. The van der Waals surface area contributed by atoms with Crippen molar-refractivity contribution in [1.82, 2.24) is 4.98 Å². The van der Waals surface area contributed by atoms with Crippen LogP contribution in [0, 0.1) is 5.92 Å². The molecule has 0 amide bonds. The third-order valence-electron chi connectivity index (χ3n) is 4.04. The number of aromatic nitrogens is 1. The molecule has 2 heterocycles. The number of carbonyl (C=O) groups excluding carboxylic acids is 1. The number of ether oxygens (including phenoxy) is 2. The highest BCUT2D eigenvalue weighted by Gasteiger charge is 2.32. The molecule has 2 unspecified atom stereocenters. The van der Waals surface area contributed by atoms with Gasteiger partial charge in [-0.25, -0.2) is 0 Å². The summed E-state index contributed by atoms with van der Waals surface area (Å²) in [5, 5.41) is 0.913. The summed E-state index contributed by atoms with van der Waals surface area (Å²) in [6, 6.07) is 5.82. The van der Waals surface area contributed by atoms with Crippen molar-refractivity contribution in [1.29, 1.82) is 0 Å². The van der Waals surface area contributed by atoms with Crippen LogP contribution in [0.4, 0.5) is 0 Å². The minimum Gasteiger partial charge on any atom is -0.494 e. The first-order valence-electron chi connectivity index (χ1n) is 7.60. The lowest BCUT2D eigenvalue weighted by Crippen LogP contribution is -2.25. The van der Waals surface area contributed by atoms with E-state index in [9.17, 15) is 4.79 Å². The zero-order valence-corrected chi connectivity index (χ0v) is 12.5. The number of benzene rings is 1. The first-order valence-corrected chi connectivity index (χ1v) is 7.60. The molecule has 4 heteroatoms. The van der Waals surface area contributed by atoms with E-state index in [1.54, 1.807) is 6.20 Å². The van der Waals surface area contributed by atoms with Crippen LogP contribution in [0.2, 0.25) is 0 Å². The Morgan fingerprint density at radius 2 is 2.33 bits per heavy atom. The van der Waals surface area contributed by atoms with E-state index in [0.29, 0.717) is 18.8 Å². The smallest absolute Gasteiger partial charge is 0.193 e. The fourth-order valence-electron chi connectivity index (χ4n) is 2.80. The minimum absolute atomic E-state index is 0.0684. The summed E-state index contributed by atoms with van der Waals surface area (Å²) in [4.78, 5) is 15.8. The van der Waals surface area contributed by atoms with Crippen LogP contribution in [0.1, 0.15) is 37.0 Å². The molecule has 21 heavy (non-hydrogen) atoms. The van der Waals surface area contributed by atoms with E-state index in [-0.39, 0.29) is 17.8 Å². The molecule has 4 nitrogen and oxygen atoms in total. The lowest BCUT2D eigenvalue weighted by atomic mass is 9.96. The second-order valence-electron chi connectivity index (χ2n) is 5.68. The number of nitrogens with one attached hydrogen (secondary N) is 1. The Labute approximate surface area is 124 Å². The number of fused-ring (bicyclic) bond motifs is 1. The molecule has 1 aromatic heterocycles. The SMILES string of the molecule is CCCOc1ccc2[nH]cc(C(=O)C3OCCC3C)c2c1. The third kappa shape index (κ3) is 2.68. The molecule has 0 saturated carbocycles. The van der Waals surface area contributed by atoms with Crippen molar-refractivity contribution in [2.75, 3.05) is 13.2 Å². The van der Waals surface area contributed by atoms with Gasteiger partial charge in [0.25, 0.3) is 0 Å². The molecule has 1 aromatic carbocycles. The second-order valence-corrected chi connectivity index (χ2v) is 5.68. The number of H-pyrrole nitrogens is 1. The molecule has 3 rings (SSSR count). The van der Waals surface area contributed by atoms with E-state index in [1.807, 2.05) is 18.2 Å². The van der Waals surface area contributed by atoms with Crippen molar-refractivity contribution in [3.05, 3.63) is 30.0 Å². The van der Waals surface area contributed by atoms with E-state index < -0.39 is 0 Å². The molecular weight excluding hydrogens is 266 g/mol. The molecule has 1 aliphatic heterocycles. The molecule has 1 saturated heterocycles. The van der Waals surface area contributed by atoms with Crippen molar-refractivity contribution >= 4 is 16.7 Å². The Morgan fingerprint density at radius 3 is 3.05 bits per heavy atom. The number of hydrogen-bond acceptors (Lipinski definition) is 3. The van der Waals surface area contributed by atoms with E-state index in [2.05, 4.69) is 18.8 Å². The molecular formula is C17H21NO3. The van der Waals surface area contributed by atoms with Gasteiger partial charge in [0.1, 0.15) is 11.9 Å². The molecule has 2 atom stereocenters. The zero-order chi connectivity index (χ0) is 14.8. The average Bonchev–Trinajstić information content (AvgIpc) is 3.10. The number of rotatable bonds is 5. The summed E-state index contributed by atoms with van der Waals surface area (Å²) in [5.41, 5.74) is 1.65. The van der Waals surface area contributed by atoms with Crippen LogP contribution in [0.5, 0.6) is 5.75 Å². The molecule has 112 valence electrons. The van der Waals surface area contributed by atoms with Gasteiger partial charge in [0.2, 0.25) is 0 Å². The molecule has 0 spiro atoms. The van der Waals surface area contributed by atoms with Gasteiger partial charge in [-0.05, 0) is 37.0 Å². The Morgan fingerprint density at radius 1 is 1.48 bits per heavy atom. The van der Waals surface area contributed by atoms with Crippen LogP contribution in [-0.2, 0) is 4.74 Å². The molecule has 1 aliphatic rings. The maximum absolute atomic E-state index is 12.7. The van der Waals surface area contributed by atoms with Gasteiger partial charge in [0, 0.05) is 29.3 Å². The van der Waals surface area contributed by atoms with Gasteiger partial charge in [-0.3, -0.25) is 4.79 Å². The fraction of sp³-hybridized carbons (Fsp3) is 0.471. The van der Waals surface area contributed by atoms with E-state index >= 15 is 0 Å². The first kappa shape index (κ1) is 14.1. The van der Waals surface area contributed by atoms with Crippen LogP contribution in [0.25, 0.3) is 10.9 Å². The van der Waals surface area contributed by atoms with E-state index in [0.717, 1.165) is 29.5 Å². The molecule has 0 bridgehead atoms. The van der Waals surface area contributed by atoms with Crippen LogP contribution in [-0.4, -0.2) is 30.1 Å². The lowest BCUT2D eigenvalue weighted by Gasteiger charge is -2.12.